The van der Waals surface area contributed by atoms with Gasteiger partial charge in [-0.05, 0) is 57.5 Å². The first kappa shape index (κ1) is 21.7. The van der Waals surface area contributed by atoms with E-state index in [1.54, 1.807) is 11.3 Å². The third-order valence-electron chi connectivity index (χ3n) is 5.12. The first-order valence-electron chi connectivity index (χ1n) is 10.5. The SMILES string of the molecule is Cc1ccc([C@H](Nc2nc(C)cc(C)n2)c2cc(C)sc2NC(=O)c2ccccc2)cc1. The molecule has 2 aromatic carbocycles. The number of aromatic nitrogens is 2. The number of hydrogen-bond donors (Lipinski definition) is 2. The summed E-state index contributed by atoms with van der Waals surface area (Å²) in [4.78, 5) is 23.2. The van der Waals surface area contributed by atoms with Crippen molar-refractivity contribution in [1.29, 1.82) is 0 Å². The van der Waals surface area contributed by atoms with E-state index >= 15 is 0 Å². The van der Waals surface area contributed by atoms with Crippen LogP contribution in [0.2, 0.25) is 0 Å². The van der Waals surface area contributed by atoms with Crippen LogP contribution in [-0.4, -0.2) is 15.9 Å². The summed E-state index contributed by atoms with van der Waals surface area (Å²) in [6.07, 6.45) is 0. The molecule has 0 aliphatic rings. The number of rotatable bonds is 6. The number of nitrogens with zero attached hydrogens (tertiary/aromatic N) is 2. The number of anilines is 2. The van der Waals surface area contributed by atoms with Gasteiger partial charge in [-0.2, -0.15) is 0 Å². The third-order valence-corrected chi connectivity index (χ3v) is 6.11. The van der Waals surface area contributed by atoms with Gasteiger partial charge >= 0.3 is 0 Å². The summed E-state index contributed by atoms with van der Waals surface area (Å²) < 4.78 is 0. The average Bonchev–Trinajstić information content (AvgIpc) is 3.12. The number of aryl methyl sites for hydroxylation is 4. The monoisotopic (exact) mass is 442 g/mol. The lowest BCUT2D eigenvalue weighted by molar-refractivity contribution is 0.102. The van der Waals surface area contributed by atoms with E-state index in [0.29, 0.717) is 11.5 Å². The molecule has 0 saturated heterocycles. The molecule has 0 bridgehead atoms. The summed E-state index contributed by atoms with van der Waals surface area (Å²) in [6, 6.07) is 21.5. The normalized spacial score (nSPS) is 11.8. The minimum atomic E-state index is -0.215. The van der Waals surface area contributed by atoms with Crippen LogP contribution < -0.4 is 10.6 Å². The lowest BCUT2D eigenvalue weighted by atomic mass is 9.99. The molecule has 0 unspecified atom stereocenters. The van der Waals surface area contributed by atoms with Crippen molar-refractivity contribution in [3.8, 4) is 0 Å². The fourth-order valence-corrected chi connectivity index (χ4v) is 4.58. The second-order valence-corrected chi connectivity index (χ2v) is 9.18. The van der Waals surface area contributed by atoms with Crippen molar-refractivity contribution in [3.05, 3.63) is 105 Å². The van der Waals surface area contributed by atoms with E-state index < -0.39 is 0 Å². The van der Waals surface area contributed by atoms with Crippen LogP contribution in [0, 0.1) is 27.7 Å². The number of carbonyl (C=O) groups is 1. The number of hydrogen-bond acceptors (Lipinski definition) is 5. The Morgan fingerprint density at radius 1 is 0.875 bits per heavy atom. The standard InChI is InChI=1S/C26H26N4OS/c1-16-10-12-20(13-11-16)23(29-26-27-17(2)14-18(3)28-26)22-15-19(4)32-25(22)30-24(31)21-8-6-5-7-9-21/h5-15,23H,1-4H3,(H,30,31)(H,27,28,29)/t23-/m0/s1. The van der Waals surface area contributed by atoms with E-state index in [2.05, 4.69) is 57.9 Å². The van der Waals surface area contributed by atoms with E-state index in [9.17, 15) is 4.79 Å². The summed E-state index contributed by atoms with van der Waals surface area (Å²) in [5.74, 6) is 0.441. The second-order valence-electron chi connectivity index (χ2n) is 7.92. The smallest absolute Gasteiger partial charge is 0.256 e. The zero-order chi connectivity index (χ0) is 22.7. The van der Waals surface area contributed by atoms with Gasteiger partial charge in [0.05, 0.1) is 6.04 Å². The number of amides is 1. The molecule has 162 valence electrons. The van der Waals surface area contributed by atoms with Crippen molar-refractivity contribution >= 4 is 28.2 Å². The molecular weight excluding hydrogens is 416 g/mol. The van der Waals surface area contributed by atoms with Gasteiger partial charge in [0.15, 0.2) is 0 Å². The molecule has 6 heteroatoms. The van der Waals surface area contributed by atoms with E-state index in [4.69, 9.17) is 0 Å². The maximum atomic E-state index is 12.9. The van der Waals surface area contributed by atoms with E-state index in [1.165, 1.54) is 5.56 Å². The summed E-state index contributed by atoms with van der Waals surface area (Å²) >= 11 is 1.57. The van der Waals surface area contributed by atoms with Crippen molar-refractivity contribution in [2.45, 2.75) is 33.7 Å². The lowest BCUT2D eigenvalue weighted by Gasteiger charge is -2.21. The van der Waals surface area contributed by atoms with Gasteiger partial charge < -0.3 is 10.6 Å². The predicted octanol–water partition coefficient (Wildman–Crippen LogP) is 6.23. The molecule has 5 nitrogen and oxygen atoms in total. The van der Waals surface area contributed by atoms with Gasteiger partial charge in [-0.25, -0.2) is 9.97 Å². The molecule has 0 radical (unpaired) electrons. The predicted molar refractivity (Wildman–Crippen MR) is 132 cm³/mol. The zero-order valence-electron chi connectivity index (χ0n) is 18.6. The van der Waals surface area contributed by atoms with Crippen LogP contribution in [0.1, 0.15) is 49.4 Å². The molecule has 2 aromatic heterocycles. The van der Waals surface area contributed by atoms with Gasteiger partial charge in [-0.3, -0.25) is 4.79 Å². The van der Waals surface area contributed by atoms with Crippen molar-refractivity contribution in [1.82, 2.24) is 9.97 Å². The minimum absolute atomic E-state index is 0.126. The Morgan fingerprint density at radius 3 is 2.19 bits per heavy atom. The Bertz CT molecular complexity index is 1210. The molecule has 32 heavy (non-hydrogen) atoms. The fourth-order valence-electron chi connectivity index (χ4n) is 3.63. The van der Waals surface area contributed by atoms with Crippen LogP contribution in [0.5, 0.6) is 0 Å². The van der Waals surface area contributed by atoms with Crippen molar-refractivity contribution in [3.63, 3.8) is 0 Å². The molecule has 0 saturated carbocycles. The molecule has 1 atom stereocenters. The highest BCUT2D eigenvalue weighted by Crippen LogP contribution is 2.37. The topological polar surface area (TPSA) is 66.9 Å². The first-order valence-corrected chi connectivity index (χ1v) is 11.3. The summed E-state index contributed by atoms with van der Waals surface area (Å²) in [5, 5.41) is 7.45. The van der Waals surface area contributed by atoms with Gasteiger partial charge in [-0.1, -0.05) is 48.0 Å². The van der Waals surface area contributed by atoms with Crippen LogP contribution in [0.3, 0.4) is 0 Å². The van der Waals surface area contributed by atoms with E-state index in [1.807, 2.05) is 57.2 Å². The van der Waals surface area contributed by atoms with Gasteiger partial charge in [0.1, 0.15) is 5.00 Å². The van der Waals surface area contributed by atoms with Crippen LogP contribution in [0.25, 0.3) is 0 Å². The van der Waals surface area contributed by atoms with Crippen LogP contribution in [0.15, 0.2) is 66.7 Å². The number of nitrogens with one attached hydrogen (secondary N) is 2. The van der Waals surface area contributed by atoms with Crippen molar-refractivity contribution in [2.24, 2.45) is 0 Å². The summed E-state index contributed by atoms with van der Waals surface area (Å²) in [6.45, 7) is 8.04. The van der Waals surface area contributed by atoms with E-state index in [-0.39, 0.29) is 11.9 Å². The maximum Gasteiger partial charge on any atom is 0.256 e. The molecule has 4 rings (SSSR count). The molecule has 4 aromatic rings. The molecule has 1 amide bonds. The number of thiophene rings is 1. The molecule has 0 fully saturated rings. The highest BCUT2D eigenvalue weighted by molar-refractivity contribution is 7.16. The quantitative estimate of drug-likeness (QED) is 0.372. The van der Waals surface area contributed by atoms with Gasteiger partial charge in [0.2, 0.25) is 5.95 Å². The van der Waals surface area contributed by atoms with Crippen LogP contribution in [0.4, 0.5) is 10.9 Å². The second kappa shape index (κ2) is 9.32. The van der Waals surface area contributed by atoms with Crippen LogP contribution in [-0.2, 0) is 0 Å². The maximum absolute atomic E-state index is 12.9. The van der Waals surface area contributed by atoms with E-state index in [0.717, 1.165) is 32.4 Å². The molecule has 2 N–H and O–H groups in total. The molecule has 0 spiro atoms. The Hall–Kier alpha value is -3.51. The van der Waals surface area contributed by atoms with Gasteiger partial charge in [-0.15, -0.1) is 11.3 Å². The van der Waals surface area contributed by atoms with Gasteiger partial charge in [0, 0.05) is 27.4 Å². The Balaban J connectivity index is 1.74. The Labute approximate surface area is 192 Å². The molecular formula is C26H26N4OS. The molecule has 2 heterocycles. The molecule has 0 aliphatic heterocycles. The Morgan fingerprint density at radius 2 is 1.53 bits per heavy atom. The molecule has 0 aliphatic carbocycles. The number of benzene rings is 2. The minimum Gasteiger partial charge on any atom is -0.343 e. The Kier molecular flexibility index (Phi) is 6.32. The third kappa shape index (κ3) is 5.03. The highest BCUT2D eigenvalue weighted by Gasteiger charge is 2.23. The lowest BCUT2D eigenvalue weighted by Crippen LogP contribution is -2.18. The number of carbonyl (C=O) groups excluding carboxylic acids is 1. The summed E-state index contributed by atoms with van der Waals surface area (Å²) in [5.41, 5.74) is 5.69. The largest absolute Gasteiger partial charge is 0.343 e. The first-order chi connectivity index (χ1) is 15.4. The van der Waals surface area contributed by atoms with Crippen molar-refractivity contribution < 1.29 is 4.79 Å². The zero-order valence-corrected chi connectivity index (χ0v) is 19.5. The fraction of sp³-hybridized carbons (Fsp3) is 0.192. The van der Waals surface area contributed by atoms with Crippen molar-refractivity contribution in [2.75, 3.05) is 10.6 Å². The average molecular weight is 443 g/mol. The highest BCUT2D eigenvalue weighted by atomic mass is 32.1. The van der Waals surface area contributed by atoms with Gasteiger partial charge in [0.25, 0.3) is 5.91 Å². The van der Waals surface area contributed by atoms with Crippen LogP contribution >= 0.6 is 11.3 Å². The summed E-state index contributed by atoms with van der Waals surface area (Å²) in [7, 11) is 0.